The highest BCUT2D eigenvalue weighted by Crippen LogP contribution is 2.17. The van der Waals surface area contributed by atoms with Gasteiger partial charge in [-0.25, -0.2) is 0 Å². The lowest BCUT2D eigenvalue weighted by atomic mass is 10.2. The molecule has 0 bridgehead atoms. The number of benzene rings is 1. The number of nitro groups is 1. The summed E-state index contributed by atoms with van der Waals surface area (Å²) in [6.45, 7) is 2.11. The predicted octanol–water partition coefficient (Wildman–Crippen LogP) is 2.40. The fourth-order valence-electron chi connectivity index (χ4n) is 0.940. The largest absolute Gasteiger partial charge is 0.269 e. The molecule has 0 aliphatic carbocycles. The Labute approximate surface area is 72.7 Å². The Morgan fingerprint density at radius 2 is 2.00 bits per heavy atom. The van der Waals surface area contributed by atoms with Crippen LogP contribution in [-0.4, -0.2) is 11.6 Å². The van der Waals surface area contributed by atoms with Crippen LogP contribution in [0.1, 0.15) is 5.56 Å². The Morgan fingerprint density at radius 1 is 1.42 bits per heavy atom. The van der Waals surface area contributed by atoms with E-state index >= 15 is 0 Å². The summed E-state index contributed by atoms with van der Waals surface area (Å²) in [5, 5.41) is 10.3. The molecule has 1 unspecified atom stereocenters. The van der Waals surface area contributed by atoms with Gasteiger partial charge in [0.2, 0.25) is 0 Å². The first-order valence-electron chi connectivity index (χ1n) is 3.62. The quantitative estimate of drug-likeness (QED) is 0.410. The molecule has 1 aromatic rings. The summed E-state index contributed by atoms with van der Waals surface area (Å²) >= 11 is 0. The number of non-ortho nitro benzene ring substituents is 1. The third kappa shape index (κ3) is 2.28. The van der Waals surface area contributed by atoms with Crippen LogP contribution in [0, 0.1) is 10.1 Å². The standard InChI is InChI=1S/C8H10NO2P/c1-12-6-7-2-4-8(5-3-7)9(10)11/h2-5,12H,6H2,1H3. The molecule has 3 nitrogen and oxygen atoms in total. The summed E-state index contributed by atoms with van der Waals surface area (Å²) in [4.78, 5) is 9.90. The fraction of sp³-hybridized carbons (Fsp3) is 0.250. The van der Waals surface area contributed by atoms with E-state index in [9.17, 15) is 10.1 Å². The Kier molecular flexibility index (Phi) is 3.18. The zero-order valence-corrected chi connectivity index (χ0v) is 7.78. The zero-order chi connectivity index (χ0) is 8.97. The van der Waals surface area contributed by atoms with Gasteiger partial charge in [-0.15, -0.1) is 8.58 Å². The molecular formula is C8H10NO2P. The maximum Gasteiger partial charge on any atom is 0.269 e. The monoisotopic (exact) mass is 183 g/mol. The van der Waals surface area contributed by atoms with E-state index in [1.165, 1.54) is 5.56 Å². The molecule has 0 aliphatic rings. The Balaban J connectivity index is 2.78. The molecule has 0 saturated carbocycles. The van der Waals surface area contributed by atoms with E-state index in [1.54, 1.807) is 12.1 Å². The van der Waals surface area contributed by atoms with Gasteiger partial charge in [0, 0.05) is 12.1 Å². The molecule has 0 heterocycles. The number of hydrogen-bond acceptors (Lipinski definition) is 2. The molecule has 1 aromatic carbocycles. The van der Waals surface area contributed by atoms with Crippen molar-refractivity contribution in [3.63, 3.8) is 0 Å². The van der Waals surface area contributed by atoms with Crippen LogP contribution >= 0.6 is 8.58 Å². The van der Waals surface area contributed by atoms with Crippen LogP contribution in [0.25, 0.3) is 0 Å². The number of nitro benzene ring substituents is 1. The normalized spacial score (nSPS) is 10.8. The lowest BCUT2D eigenvalue weighted by Gasteiger charge is -1.96. The van der Waals surface area contributed by atoms with E-state index in [0.717, 1.165) is 14.7 Å². The van der Waals surface area contributed by atoms with Gasteiger partial charge in [0.15, 0.2) is 0 Å². The van der Waals surface area contributed by atoms with E-state index in [0.29, 0.717) is 0 Å². The van der Waals surface area contributed by atoms with Crippen molar-refractivity contribution in [2.45, 2.75) is 6.16 Å². The van der Waals surface area contributed by atoms with Gasteiger partial charge >= 0.3 is 0 Å². The Bertz CT molecular complexity index is 271. The molecule has 0 radical (unpaired) electrons. The lowest BCUT2D eigenvalue weighted by Crippen LogP contribution is -1.87. The van der Waals surface area contributed by atoms with Crippen LogP contribution in [0.5, 0.6) is 0 Å². The number of rotatable bonds is 3. The molecule has 1 atom stereocenters. The van der Waals surface area contributed by atoms with Gasteiger partial charge in [0.05, 0.1) is 4.92 Å². The van der Waals surface area contributed by atoms with Gasteiger partial charge in [0.25, 0.3) is 5.69 Å². The average Bonchev–Trinajstić information content (AvgIpc) is 2.06. The number of nitrogens with zero attached hydrogens (tertiary/aromatic N) is 1. The molecule has 12 heavy (non-hydrogen) atoms. The lowest BCUT2D eigenvalue weighted by molar-refractivity contribution is -0.384. The van der Waals surface area contributed by atoms with Gasteiger partial charge in [-0.05, 0) is 18.4 Å². The van der Waals surface area contributed by atoms with E-state index < -0.39 is 0 Å². The third-order valence-electron chi connectivity index (χ3n) is 1.53. The smallest absolute Gasteiger partial charge is 0.258 e. The van der Waals surface area contributed by atoms with Crippen LogP contribution in [-0.2, 0) is 6.16 Å². The summed E-state index contributed by atoms with van der Waals surface area (Å²) in [6, 6.07) is 6.73. The van der Waals surface area contributed by atoms with E-state index in [1.807, 2.05) is 12.1 Å². The molecule has 64 valence electrons. The highest BCUT2D eigenvalue weighted by molar-refractivity contribution is 7.36. The van der Waals surface area contributed by atoms with E-state index in [2.05, 4.69) is 6.66 Å². The van der Waals surface area contributed by atoms with Crippen LogP contribution in [0.2, 0.25) is 0 Å². The van der Waals surface area contributed by atoms with Crippen molar-refractivity contribution >= 4 is 14.3 Å². The van der Waals surface area contributed by atoms with Gasteiger partial charge in [0.1, 0.15) is 0 Å². The summed E-state index contributed by atoms with van der Waals surface area (Å²) in [5.41, 5.74) is 1.33. The molecule has 4 heteroatoms. The highest BCUT2D eigenvalue weighted by Gasteiger charge is 2.02. The highest BCUT2D eigenvalue weighted by atomic mass is 31.1. The van der Waals surface area contributed by atoms with E-state index in [4.69, 9.17) is 0 Å². The fourth-order valence-corrected chi connectivity index (χ4v) is 1.58. The van der Waals surface area contributed by atoms with Gasteiger partial charge in [-0.3, -0.25) is 10.1 Å². The minimum atomic E-state index is -0.377. The van der Waals surface area contributed by atoms with Crippen molar-refractivity contribution in [3.05, 3.63) is 39.9 Å². The maximum atomic E-state index is 10.3. The summed E-state index contributed by atoms with van der Waals surface area (Å²) in [5.74, 6) is 0. The number of hydrogen-bond donors (Lipinski definition) is 0. The van der Waals surface area contributed by atoms with Crippen molar-refractivity contribution in [2.24, 2.45) is 0 Å². The van der Waals surface area contributed by atoms with Crippen molar-refractivity contribution in [2.75, 3.05) is 6.66 Å². The van der Waals surface area contributed by atoms with Crippen molar-refractivity contribution in [1.29, 1.82) is 0 Å². The Morgan fingerprint density at radius 3 is 2.42 bits per heavy atom. The van der Waals surface area contributed by atoms with Crippen LogP contribution < -0.4 is 0 Å². The minimum Gasteiger partial charge on any atom is -0.258 e. The molecule has 1 rings (SSSR count). The van der Waals surface area contributed by atoms with Crippen LogP contribution in [0.4, 0.5) is 5.69 Å². The molecule has 0 saturated heterocycles. The second-order valence-electron chi connectivity index (χ2n) is 2.45. The average molecular weight is 183 g/mol. The summed E-state index contributed by atoms with van der Waals surface area (Å²) < 4.78 is 0. The molecular weight excluding hydrogens is 173 g/mol. The molecule has 0 amide bonds. The zero-order valence-electron chi connectivity index (χ0n) is 6.78. The second-order valence-corrected chi connectivity index (χ2v) is 3.51. The Hall–Kier alpha value is -0.950. The molecule has 0 aromatic heterocycles. The van der Waals surface area contributed by atoms with Crippen molar-refractivity contribution < 1.29 is 4.92 Å². The molecule has 0 spiro atoms. The third-order valence-corrected chi connectivity index (χ3v) is 2.29. The van der Waals surface area contributed by atoms with Gasteiger partial charge in [-0.2, -0.15) is 0 Å². The molecule has 0 N–H and O–H groups in total. The van der Waals surface area contributed by atoms with E-state index in [-0.39, 0.29) is 10.6 Å². The molecule has 0 aliphatic heterocycles. The van der Waals surface area contributed by atoms with Gasteiger partial charge < -0.3 is 0 Å². The SMILES string of the molecule is CPCc1ccc([N+](=O)[O-])cc1. The van der Waals surface area contributed by atoms with Crippen LogP contribution in [0.15, 0.2) is 24.3 Å². The van der Waals surface area contributed by atoms with Crippen LogP contribution in [0.3, 0.4) is 0 Å². The predicted molar refractivity (Wildman–Crippen MR) is 51.0 cm³/mol. The van der Waals surface area contributed by atoms with Crippen molar-refractivity contribution in [1.82, 2.24) is 0 Å². The maximum absolute atomic E-state index is 10.3. The summed E-state index contributed by atoms with van der Waals surface area (Å²) in [7, 11) is 0.857. The first-order chi connectivity index (χ1) is 5.74. The minimum absolute atomic E-state index is 0.165. The van der Waals surface area contributed by atoms with Crippen molar-refractivity contribution in [3.8, 4) is 0 Å². The first-order valence-corrected chi connectivity index (χ1v) is 5.32. The first kappa shape index (κ1) is 9.14. The summed E-state index contributed by atoms with van der Waals surface area (Å²) in [6.07, 6.45) is 1.01. The van der Waals surface area contributed by atoms with Gasteiger partial charge in [-0.1, -0.05) is 12.1 Å². The topological polar surface area (TPSA) is 43.1 Å². The second kappa shape index (κ2) is 4.17. The molecule has 0 fully saturated rings.